The average Bonchev–Trinajstić information content (AvgIpc) is 2.67. The molecule has 0 saturated carbocycles. The van der Waals surface area contributed by atoms with Gasteiger partial charge < -0.3 is 15.4 Å². The molecule has 0 unspecified atom stereocenters. The summed E-state index contributed by atoms with van der Waals surface area (Å²) in [4.78, 5) is 10.6. The van der Waals surface area contributed by atoms with E-state index in [1.165, 1.54) is 6.07 Å². The second-order valence-electron chi connectivity index (χ2n) is 6.87. The molecule has 4 rings (SSSR count). The summed E-state index contributed by atoms with van der Waals surface area (Å²) in [5, 5.41) is 0. The molecule has 3 heterocycles. The summed E-state index contributed by atoms with van der Waals surface area (Å²) in [7, 11) is 0. The van der Waals surface area contributed by atoms with E-state index in [0.717, 1.165) is 16.9 Å². The lowest BCUT2D eigenvalue weighted by Gasteiger charge is -2.31. The highest BCUT2D eigenvalue weighted by Gasteiger charge is 2.22. The summed E-state index contributed by atoms with van der Waals surface area (Å²) in [6.07, 6.45) is 3.33. The van der Waals surface area contributed by atoms with Crippen molar-refractivity contribution in [3.63, 3.8) is 0 Å². The lowest BCUT2D eigenvalue weighted by molar-refractivity contribution is 0.313. The number of nitrogens with two attached hydrogens (primary N) is 1. The Kier molecular flexibility index (Phi) is 4.39. The van der Waals surface area contributed by atoms with Crippen LogP contribution in [-0.4, -0.2) is 23.1 Å². The normalized spacial score (nSPS) is 13.4. The second kappa shape index (κ2) is 6.87. The van der Waals surface area contributed by atoms with Crippen LogP contribution in [0.3, 0.4) is 0 Å². The van der Waals surface area contributed by atoms with Gasteiger partial charge in [0.1, 0.15) is 18.2 Å². The zero-order valence-electron chi connectivity index (χ0n) is 15.3. The van der Waals surface area contributed by atoms with E-state index in [0.29, 0.717) is 41.9 Å². The molecule has 0 spiro atoms. The Morgan fingerprint density at radius 2 is 2.00 bits per heavy atom. The van der Waals surface area contributed by atoms with Crippen LogP contribution in [0.4, 0.5) is 21.6 Å². The van der Waals surface area contributed by atoms with Crippen LogP contribution in [0.15, 0.2) is 48.8 Å². The Bertz CT molecular complexity index is 990. The summed E-state index contributed by atoms with van der Waals surface area (Å²) in [5.74, 6) is 1.14. The number of rotatable bonds is 3. The monoisotopic (exact) mass is 364 g/mol. The summed E-state index contributed by atoms with van der Waals surface area (Å²) in [6, 6.07) is 10.8. The lowest BCUT2D eigenvalue weighted by Crippen LogP contribution is -2.28. The standard InChI is InChI=1S/C21H21FN4O/c1-13(2)14-3-4-17(22)16(9-14)18-11-19-20(12-25-18)27-8-7-26(19)15-5-6-24-21(23)10-15/h3-6,9-13H,7-8H2,1-2H3,(H2,23,24). The Morgan fingerprint density at radius 1 is 1.15 bits per heavy atom. The van der Waals surface area contributed by atoms with Crippen LogP contribution in [0.25, 0.3) is 11.3 Å². The molecule has 1 aliphatic heterocycles. The van der Waals surface area contributed by atoms with E-state index in [1.54, 1.807) is 12.4 Å². The number of fused-ring (bicyclic) bond motifs is 1. The predicted octanol–water partition coefficient (Wildman–Crippen LogP) is 4.52. The van der Waals surface area contributed by atoms with Crippen molar-refractivity contribution in [2.24, 2.45) is 0 Å². The molecule has 3 aromatic rings. The number of nitrogen functional groups attached to an aromatic ring is 1. The molecule has 138 valence electrons. The molecule has 0 aliphatic carbocycles. The number of hydrogen-bond donors (Lipinski definition) is 1. The van der Waals surface area contributed by atoms with Gasteiger partial charge in [0.2, 0.25) is 0 Å². The first-order valence-electron chi connectivity index (χ1n) is 8.94. The van der Waals surface area contributed by atoms with Gasteiger partial charge in [-0.05, 0) is 35.7 Å². The molecule has 0 atom stereocenters. The van der Waals surface area contributed by atoms with E-state index in [-0.39, 0.29) is 5.82 Å². The zero-order valence-corrected chi connectivity index (χ0v) is 15.3. The molecule has 0 saturated heterocycles. The first-order valence-corrected chi connectivity index (χ1v) is 8.94. The molecular formula is C21H21FN4O. The second-order valence-corrected chi connectivity index (χ2v) is 6.87. The third-order valence-electron chi connectivity index (χ3n) is 4.72. The highest BCUT2D eigenvalue weighted by Crippen LogP contribution is 2.39. The van der Waals surface area contributed by atoms with Crippen LogP contribution in [0.1, 0.15) is 25.3 Å². The maximum atomic E-state index is 14.5. The molecule has 1 aliphatic rings. The number of anilines is 3. The molecule has 5 nitrogen and oxygen atoms in total. The summed E-state index contributed by atoms with van der Waals surface area (Å²) in [6.45, 7) is 5.36. The minimum atomic E-state index is -0.289. The molecule has 27 heavy (non-hydrogen) atoms. The van der Waals surface area contributed by atoms with Crippen molar-refractivity contribution in [3.05, 3.63) is 60.2 Å². The van der Waals surface area contributed by atoms with Crippen molar-refractivity contribution in [3.8, 4) is 17.0 Å². The minimum Gasteiger partial charge on any atom is -0.488 e. The van der Waals surface area contributed by atoms with Crippen molar-refractivity contribution in [2.75, 3.05) is 23.8 Å². The summed E-state index contributed by atoms with van der Waals surface area (Å²) < 4.78 is 20.3. The maximum absolute atomic E-state index is 14.5. The maximum Gasteiger partial charge on any atom is 0.161 e. The zero-order chi connectivity index (χ0) is 19.0. The van der Waals surface area contributed by atoms with Crippen LogP contribution in [0, 0.1) is 5.82 Å². The third kappa shape index (κ3) is 3.30. The molecule has 2 N–H and O–H groups in total. The first-order chi connectivity index (χ1) is 13.0. The van der Waals surface area contributed by atoms with Crippen LogP contribution >= 0.6 is 0 Å². The smallest absolute Gasteiger partial charge is 0.161 e. The van der Waals surface area contributed by atoms with Gasteiger partial charge in [-0.1, -0.05) is 19.9 Å². The Morgan fingerprint density at radius 3 is 2.78 bits per heavy atom. The van der Waals surface area contributed by atoms with E-state index in [9.17, 15) is 4.39 Å². The van der Waals surface area contributed by atoms with Crippen molar-refractivity contribution in [2.45, 2.75) is 19.8 Å². The fourth-order valence-corrected chi connectivity index (χ4v) is 3.24. The summed E-state index contributed by atoms with van der Waals surface area (Å²) in [5.41, 5.74) is 9.73. The van der Waals surface area contributed by atoms with Crippen LogP contribution < -0.4 is 15.4 Å². The Hall–Kier alpha value is -3.15. The molecule has 2 aromatic heterocycles. The third-order valence-corrected chi connectivity index (χ3v) is 4.72. The average molecular weight is 364 g/mol. The number of nitrogens with zero attached hydrogens (tertiary/aromatic N) is 3. The van der Waals surface area contributed by atoms with Gasteiger partial charge >= 0.3 is 0 Å². The largest absolute Gasteiger partial charge is 0.488 e. The number of hydrogen-bond acceptors (Lipinski definition) is 5. The SMILES string of the molecule is CC(C)c1ccc(F)c(-c2cc3c(cn2)OCCN3c2ccnc(N)c2)c1. The van der Waals surface area contributed by atoms with Crippen molar-refractivity contribution in [1.82, 2.24) is 9.97 Å². The number of ether oxygens (including phenoxy) is 1. The minimum absolute atomic E-state index is 0.289. The van der Waals surface area contributed by atoms with Gasteiger partial charge in [0.15, 0.2) is 5.75 Å². The van der Waals surface area contributed by atoms with Gasteiger partial charge in [-0.3, -0.25) is 4.98 Å². The summed E-state index contributed by atoms with van der Waals surface area (Å²) >= 11 is 0. The fourth-order valence-electron chi connectivity index (χ4n) is 3.24. The van der Waals surface area contributed by atoms with Gasteiger partial charge in [0.25, 0.3) is 0 Å². The molecule has 0 radical (unpaired) electrons. The molecule has 1 aromatic carbocycles. The highest BCUT2D eigenvalue weighted by atomic mass is 19.1. The predicted molar refractivity (Wildman–Crippen MR) is 105 cm³/mol. The Balaban J connectivity index is 1.81. The van der Waals surface area contributed by atoms with E-state index in [2.05, 4.69) is 28.7 Å². The highest BCUT2D eigenvalue weighted by molar-refractivity contribution is 5.76. The van der Waals surface area contributed by atoms with Gasteiger partial charge in [0, 0.05) is 23.5 Å². The van der Waals surface area contributed by atoms with Crippen LogP contribution in [0.5, 0.6) is 5.75 Å². The topological polar surface area (TPSA) is 64.3 Å². The molecular weight excluding hydrogens is 343 g/mol. The van der Waals surface area contributed by atoms with Crippen molar-refractivity contribution >= 4 is 17.2 Å². The van der Waals surface area contributed by atoms with Gasteiger partial charge in [-0.25, -0.2) is 9.37 Å². The van der Waals surface area contributed by atoms with E-state index in [4.69, 9.17) is 10.5 Å². The first kappa shape index (κ1) is 17.3. The number of aromatic nitrogens is 2. The number of pyridine rings is 2. The van der Waals surface area contributed by atoms with E-state index in [1.807, 2.05) is 30.3 Å². The van der Waals surface area contributed by atoms with Gasteiger partial charge in [0.05, 0.1) is 24.1 Å². The van der Waals surface area contributed by atoms with Gasteiger partial charge in [-0.15, -0.1) is 0 Å². The van der Waals surface area contributed by atoms with Crippen LogP contribution in [-0.2, 0) is 0 Å². The van der Waals surface area contributed by atoms with Crippen LogP contribution in [0.2, 0.25) is 0 Å². The molecule has 6 heteroatoms. The number of halogens is 1. The quantitative estimate of drug-likeness (QED) is 0.740. The lowest BCUT2D eigenvalue weighted by atomic mass is 9.98. The Labute approximate surface area is 157 Å². The van der Waals surface area contributed by atoms with Crippen molar-refractivity contribution < 1.29 is 9.13 Å². The fraction of sp³-hybridized carbons (Fsp3) is 0.238. The molecule has 0 fully saturated rings. The molecule has 0 amide bonds. The van der Waals surface area contributed by atoms with E-state index < -0.39 is 0 Å². The van der Waals surface area contributed by atoms with Crippen molar-refractivity contribution in [1.29, 1.82) is 0 Å². The number of benzene rings is 1. The van der Waals surface area contributed by atoms with Gasteiger partial charge in [-0.2, -0.15) is 0 Å². The molecule has 0 bridgehead atoms. The van der Waals surface area contributed by atoms with E-state index >= 15 is 0 Å².